The van der Waals surface area contributed by atoms with Crippen LogP contribution in [0.5, 0.6) is 5.75 Å². The van der Waals surface area contributed by atoms with E-state index in [9.17, 15) is 29.4 Å². The highest BCUT2D eigenvalue weighted by Crippen LogP contribution is 2.32. The number of rotatable bonds is 19. The van der Waals surface area contributed by atoms with Crippen molar-refractivity contribution in [2.45, 2.75) is 83.3 Å². The van der Waals surface area contributed by atoms with Crippen LogP contribution in [-0.4, -0.2) is 82.1 Å². The van der Waals surface area contributed by atoms with Crippen molar-refractivity contribution < 1.29 is 29.3 Å². The number of piperidine rings is 1. The molecule has 4 N–H and O–H groups in total. The van der Waals surface area contributed by atoms with Gasteiger partial charge in [-0.2, -0.15) is 0 Å². The van der Waals surface area contributed by atoms with E-state index in [2.05, 4.69) is 34.3 Å². The van der Waals surface area contributed by atoms with Gasteiger partial charge in [0.15, 0.2) is 0 Å². The van der Waals surface area contributed by atoms with Gasteiger partial charge in [0.1, 0.15) is 17.6 Å². The summed E-state index contributed by atoms with van der Waals surface area (Å²) in [6.07, 6.45) is 4.93. The fourth-order valence-corrected chi connectivity index (χ4v) is 8.08. The third-order valence-electron chi connectivity index (χ3n) is 11.5. The van der Waals surface area contributed by atoms with E-state index in [1.165, 1.54) is 12.1 Å². The Morgan fingerprint density at radius 2 is 1.63 bits per heavy atom. The number of amides is 2. The van der Waals surface area contributed by atoms with Gasteiger partial charge >= 0.3 is 6.09 Å². The Kier molecular flexibility index (Phi) is 15.7. The minimum absolute atomic E-state index is 0.0278. The van der Waals surface area contributed by atoms with Gasteiger partial charge in [-0.25, -0.2) is 4.79 Å². The number of phenols is 1. The normalized spacial score (nSPS) is 14.4. The van der Waals surface area contributed by atoms with E-state index < -0.39 is 12.2 Å². The number of carbonyl (C=O) groups is 3. The molecule has 1 aliphatic rings. The van der Waals surface area contributed by atoms with Gasteiger partial charge < -0.3 is 29.7 Å². The Morgan fingerprint density at radius 1 is 0.883 bits per heavy atom. The van der Waals surface area contributed by atoms with Crippen LogP contribution >= 0.6 is 0 Å². The molecule has 2 amide bonds. The Labute approximate surface area is 352 Å². The minimum Gasteiger partial charge on any atom is -0.506 e. The van der Waals surface area contributed by atoms with Crippen molar-refractivity contribution in [3.63, 3.8) is 0 Å². The SMILES string of the molecule is CC(CC[C@H](O)c1ccc(O)c2[nH]c(=O)ccc12)Cc1cccc(CC(=O)CCCCN(C)C(=O)CCN2CCC(OC(=O)Nc3ccccc3-c3ccccc3)CC2)c1. The number of unbranched alkanes of at least 4 members (excludes halogenated alkanes) is 1. The summed E-state index contributed by atoms with van der Waals surface area (Å²) in [5.41, 5.74) is 5.49. The first-order valence-electron chi connectivity index (χ1n) is 21.2. The number of nitrogens with one attached hydrogen (secondary N) is 2. The van der Waals surface area contributed by atoms with Gasteiger partial charge in [-0.05, 0) is 91.3 Å². The zero-order valence-electron chi connectivity index (χ0n) is 34.8. The Hall–Kier alpha value is -5.78. The summed E-state index contributed by atoms with van der Waals surface area (Å²) >= 11 is 0. The molecule has 60 heavy (non-hydrogen) atoms. The lowest BCUT2D eigenvalue weighted by Gasteiger charge is -2.31. The molecular weight excluding hydrogens is 757 g/mol. The number of phenolic OH excluding ortho intramolecular Hbond substituents is 1. The predicted molar refractivity (Wildman–Crippen MR) is 236 cm³/mol. The van der Waals surface area contributed by atoms with Gasteiger partial charge in [-0.15, -0.1) is 0 Å². The van der Waals surface area contributed by atoms with Crippen molar-refractivity contribution in [2.75, 3.05) is 38.5 Å². The van der Waals surface area contributed by atoms with Gasteiger partial charge in [0.05, 0.1) is 17.3 Å². The fourth-order valence-electron chi connectivity index (χ4n) is 8.08. The highest BCUT2D eigenvalue weighted by atomic mass is 16.6. The number of H-pyrrole nitrogens is 1. The summed E-state index contributed by atoms with van der Waals surface area (Å²) < 4.78 is 5.77. The number of aromatic nitrogens is 1. The molecule has 1 unspecified atom stereocenters. The Bertz CT molecular complexity index is 2270. The van der Waals surface area contributed by atoms with Crippen molar-refractivity contribution in [1.82, 2.24) is 14.8 Å². The molecule has 11 nitrogen and oxygen atoms in total. The standard InChI is InChI=1S/C49H58N4O7/c1-34(18-21-44(55)41-19-22-45(56)48-42(41)20-23-46(57)51-48)31-35-11-10-12-36(32-35)33-38(54)15-8-9-27-52(2)47(58)26-30-53-28-24-39(25-29-53)60-49(59)50-43-17-7-6-16-40(43)37-13-4-3-5-14-37/h3-7,10-14,16-17,19-20,22-23,32,34,39,44,55-56H,8-9,15,18,21,24-31,33H2,1-2H3,(H,50,59)(H,51,57)/t34?,44-/m0/s1. The van der Waals surface area contributed by atoms with Crippen LogP contribution in [0.15, 0.2) is 108 Å². The van der Waals surface area contributed by atoms with E-state index in [4.69, 9.17) is 4.74 Å². The first-order valence-corrected chi connectivity index (χ1v) is 21.2. The number of anilines is 1. The number of hydrogen-bond acceptors (Lipinski definition) is 8. The first-order chi connectivity index (χ1) is 29.0. The van der Waals surface area contributed by atoms with Crippen LogP contribution in [0.4, 0.5) is 10.5 Å². The van der Waals surface area contributed by atoms with Crippen LogP contribution in [0.1, 0.15) is 81.1 Å². The topological polar surface area (TPSA) is 152 Å². The molecule has 316 valence electrons. The van der Waals surface area contributed by atoms with Crippen molar-refractivity contribution in [2.24, 2.45) is 5.92 Å². The molecule has 5 aromatic rings. The molecule has 1 fully saturated rings. The average Bonchev–Trinajstić information content (AvgIpc) is 3.24. The smallest absolute Gasteiger partial charge is 0.411 e. The summed E-state index contributed by atoms with van der Waals surface area (Å²) in [4.78, 5) is 57.0. The number of hydrogen-bond donors (Lipinski definition) is 4. The maximum atomic E-state index is 12.9. The molecular formula is C49H58N4O7. The number of fused-ring (bicyclic) bond motifs is 1. The number of aliphatic hydroxyl groups is 1. The molecule has 0 bridgehead atoms. The third kappa shape index (κ3) is 12.6. The van der Waals surface area contributed by atoms with E-state index in [-0.39, 0.29) is 35.0 Å². The number of aliphatic hydroxyl groups excluding tert-OH is 1. The molecule has 0 saturated carbocycles. The van der Waals surface area contributed by atoms with Crippen molar-refractivity contribution in [1.29, 1.82) is 0 Å². The lowest BCUT2D eigenvalue weighted by molar-refractivity contribution is -0.130. The van der Waals surface area contributed by atoms with Gasteiger partial charge in [0, 0.05) is 69.5 Å². The maximum Gasteiger partial charge on any atom is 0.411 e. The first kappa shape index (κ1) is 43.8. The zero-order chi connectivity index (χ0) is 42.4. The second kappa shape index (κ2) is 21.5. The van der Waals surface area contributed by atoms with Crippen LogP contribution in [0.2, 0.25) is 0 Å². The van der Waals surface area contributed by atoms with E-state index in [1.54, 1.807) is 17.0 Å². The largest absolute Gasteiger partial charge is 0.506 e. The van der Waals surface area contributed by atoms with Crippen LogP contribution in [-0.2, 0) is 27.2 Å². The summed E-state index contributed by atoms with van der Waals surface area (Å²) in [5.74, 6) is 0.528. The van der Waals surface area contributed by atoms with Gasteiger partial charge in [-0.3, -0.25) is 19.7 Å². The van der Waals surface area contributed by atoms with Gasteiger partial charge in [0.25, 0.3) is 0 Å². The summed E-state index contributed by atoms with van der Waals surface area (Å²) in [6.45, 7) is 4.93. The monoisotopic (exact) mass is 814 g/mol. The molecule has 0 aliphatic carbocycles. The van der Waals surface area contributed by atoms with Gasteiger partial charge in [0.2, 0.25) is 11.5 Å². The third-order valence-corrected chi connectivity index (χ3v) is 11.5. The molecule has 4 aromatic carbocycles. The second-order valence-electron chi connectivity index (χ2n) is 16.2. The van der Waals surface area contributed by atoms with Crippen LogP contribution in [0.25, 0.3) is 22.0 Å². The average molecular weight is 815 g/mol. The molecule has 2 heterocycles. The number of pyridine rings is 1. The zero-order valence-corrected chi connectivity index (χ0v) is 34.8. The van der Waals surface area contributed by atoms with Crippen LogP contribution in [0, 0.1) is 5.92 Å². The highest BCUT2D eigenvalue weighted by molar-refractivity contribution is 5.91. The molecule has 0 radical (unpaired) electrons. The number of aromatic hydroxyl groups is 1. The summed E-state index contributed by atoms with van der Waals surface area (Å²) in [7, 11) is 1.82. The molecule has 1 saturated heterocycles. The summed E-state index contributed by atoms with van der Waals surface area (Å²) in [6, 6.07) is 32.0. The number of benzene rings is 4. The molecule has 1 aliphatic heterocycles. The van der Waals surface area contributed by atoms with Crippen LogP contribution in [0.3, 0.4) is 0 Å². The lowest BCUT2D eigenvalue weighted by atomic mass is 9.91. The van der Waals surface area contributed by atoms with Gasteiger partial charge in [-0.1, -0.05) is 85.8 Å². The second-order valence-corrected chi connectivity index (χ2v) is 16.2. The number of carbonyl (C=O) groups excluding carboxylic acids is 3. The van der Waals surface area contributed by atoms with Crippen molar-refractivity contribution >= 4 is 34.4 Å². The van der Waals surface area contributed by atoms with Crippen molar-refractivity contribution in [3.8, 4) is 16.9 Å². The quantitative estimate of drug-likeness (QED) is 0.0607. The number of nitrogens with zero attached hydrogens (tertiary/aromatic N) is 2. The predicted octanol–water partition coefficient (Wildman–Crippen LogP) is 8.44. The maximum absolute atomic E-state index is 12.9. The number of likely N-dealkylation sites (tertiary alicyclic amines) is 1. The van der Waals surface area contributed by atoms with Crippen molar-refractivity contribution in [3.05, 3.63) is 130 Å². The van der Waals surface area contributed by atoms with Crippen LogP contribution < -0.4 is 10.9 Å². The number of para-hydroxylation sites is 1. The number of ketones is 1. The van der Waals surface area contributed by atoms with E-state index in [0.717, 1.165) is 61.0 Å². The molecule has 0 spiro atoms. The minimum atomic E-state index is -0.739. The fraction of sp³-hybridized carbons (Fsp3) is 0.388. The van der Waals surface area contributed by atoms with E-state index >= 15 is 0 Å². The number of ether oxygens (including phenoxy) is 1. The number of Topliss-reactive ketones (excluding diaryl/α,β-unsaturated/α-hetero) is 1. The molecule has 2 atom stereocenters. The molecule has 1 aromatic heterocycles. The van der Waals surface area contributed by atoms with E-state index in [0.29, 0.717) is 73.8 Å². The Balaban J connectivity index is 0.832. The summed E-state index contributed by atoms with van der Waals surface area (Å²) in [5, 5.41) is 24.7. The Morgan fingerprint density at radius 3 is 2.43 bits per heavy atom. The number of aromatic amines is 1. The molecule has 6 rings (SSSR count). The lowest BCUT2D eigenvalue weighted by Crippen LogP contribution is -2.40. The molecule has 11 heteroatoms. The van der Waals surface area contributed by atoms with E-state index in [1.807, 2.05) is 73.8 Å². The highest BCUT2D eigenvalue weighted by Gasteiger charge is 2.24.